The molecular formula is C12H14N6OS. The van der Waals surface area contributed by atoms with Crippen molar-refractivity contribution in [2.75, 3.05) is 13.3 Å². The summed E-state index contributed by atoms with van der Waals surface area (Å²) in [5, 5.41) is 7.96. The van der Waals surface area contributed by atoms with Crippen LogP contribution in [-0.2, 0) is 12.3 Å². The average molecular weight is 290 g/mol. The summed E-state index contributed by atoms with van der Waals surface area (Å²) in [5.74, 6) is 1.34. The van der Waals surface area contributed by atoms with Gasteiger partial charge in [-0.2, -0.15) is 4.98 Å². The summed E-state index contributed by atoms with van der Waals surface area (Å²) in [6.07, 6.45) is 4.99. The minimum absolute atomic E-state index is 0.658. The van der Waals surface area contributed by atoms with Gasteiger partial charge in [0.1, 0.15) is 0 Å². The first-order chi connectivity index (χ1) is 9.90. The van der Waals surface area contributed by atoms with E-state index in [0.29, 0.717) is 18.2 Å². The van der Waals surface area contributed by atoms with E-state index < -0.39 is 0 Å². The zero-order chi connectivity index (χ0) is 13.6. The van der Waals surface area contributed by atoms with Crippen molar-refractivity contribution < 1.29 is 4.52 Å². The standard InChI is InChI=1S/C12H14N6OS/c1-2-10(4-13-3-1)5-18-7-14-12(15-8-18)20-6-11-16-9-19-17-11/h1-4,9H,5-8H2,(H,14,15). The van der Waals surface area contributed by atoms with Crippen LogP contribution in [0.3, 0.4) is 0 Å². The molecule has 1 aliphatic rings. The topological polar surface area (TPSA) is 79.4 Å². The van der Waals surface area contributed by atoms with Crippen molar-refractivity contribution in [2.45, 2.75) is 12.3 Å². The van der Waals surface area contributed by atoms with Crippen molar-refractivity contribution >= 4 is 16.9 Å². The highest BCUT2D eigenvalue weighted by Gasteiger charge is 2.13. The number of aromatic nitrogens is 3. The molecular weight excluding hydrogens is 276 g/mol. The number of rotatable bonds is 4. The van der Waals surface area contributed by atoms with E-state index in [2.05, 4.69) is 40.9 Å². The molecule has 0 atom stereocenters. The summed E-state index contributed by atoms with van der Waals surface area (Å²) in [7, 11) is 0. The number of hydrogen-bond donors (Lipinski definition) is 1. The summed E-state index contributed by atoms with van der Waals surface area (Å²) in [4.78, 5) is 14.8. The van der Waals surface area contributed by atoms with Crippen LogP contribution in [-0.4, -0.2) is 38.5 Å². The molecule has 3 rings (SSSR count). The van der Waals surface area contributed by atoms with Gasteiger partial charge < -0.3 is 9.84 Å². The highest BCUT2D eigenvalue weighted by atomic mass is 32.2. The molecule has 0 saturated carbocycles. The third kappa shape index (κ3) is 3.55. The molecule has 0 amide bonds. The van der Waals surface area contributed by atoms with Crippen molar-refractivity contribution in [1.82, 2.24) is 25.3 Å². The van der Waals surface area contributed by atoms with E-state index in [0.717, 1.165) is 18.4 Å². The van der Waals surface area contributed by atoms with Gasteiger partial charge in [-0.3, -0.25) is 9.88 Å². The van der Waals surface area contributed by atoms with Gasteiger partial charge >= 0.3 is 0 Å². The molecule has 3 heterocycles. The third-order valence-electron chi connectivity index (χ3n) is 2.74. The van der Waals surface area contributed by atoms with E-state index in [9.17, 15) is 0 Å². The average Bonchev–Trinajstić information content (AvgIpc) is 3.01. The summed E-state index contributed by atoms with van der Waals surface area (Å²) >= 11 is 1.58. The lowest BCUT2D eigenvalue weighted by Gasteiger charge is -2.26. The zero-order valence-corrected chi connectivity index (χ0v) is 11.6. The predicted molar refractivity (Wildman–Crippen MR) is 75.7 cm³/mol. The molecule has 20 heavy (non-hydrogen) atoms. The van der Waals surface area contributed by atoms with Crippen LogP contribution in [0.1, 0.15) is 11.4 Å². The fourth-order valence-corrected chi connectivity index (χ4v) is 2.50. The Balaban J connectivity index is 1.48. The Hall–Kier alpha value is -1.93. The molecule has 0 aliphatic carbocycles. The van der Waals surface area contributed by atoms with E-state index in [1.807, 2.05) is 12.3 Å². The number of hydrogen-bond acceptors (Lipinski definition) is 8. The number of pyridine rings is 1. The maximum Gasteiger partial charge on any atom is 0.213 e. The van der Waals surface area contributed by atoms with Crippen LogP contribution in [0.2, 0.25) is 0 Å². The molecule has 2 aromatic heterocycles. The van der Waals surface area contributed by atoms with E-state index in [4.69, 9.17) is 0 Å². The van der Waals surface area contributed by atoms with Gasteiger partial charge in [0.15, 0.2) is 11.0 Å². The van der Waals surface area contributed by atoms with Crippen LogP contribution in [0.5, 0.6) is 0 Å². The molecule has 8 heteroatoms. The van der Waals surface area contributed by atoms with Gasteiger partial charge in [0.05, 0.1) is 19.1 Å². The second-order valence-corrected chi connectivity index (χ2v) is 5.23. The monoisotopic (exact) mass is 290 g/mol. The molecule has 0 spiro atoms. The van der Waals surface area contributed by atoms with Gasteiger partial charge in [0.25, 0.3) is 0 Å². The highest BCUT2D eigenvalue weighted by Crippen LogP contribution is 2.12. The maximum absolute atomic E-state index is 4.69. The largest absolute Gasteiger partial charge is 0.352 e. The predicted octanol–water partition coefficient (Wildman–Crippen LogP) is 1.07. The second kappa shape index (κ2) is 6.49. The van der Waals surface area contributed by atoms with E-state index in [-0.39, 0.29) is 0 Å². The summed E-state index contributed by atoms with van der Waals surface area (Å²) in [6, 6.07) is 4.01. The Morgan fingerprint density at radius 2 is 2.45 bits per heavy atom. The lowest BCUT2D eigenvalue weighted by Crippen LogP contribution is -2.41. The normalized spacial score (nSPS) is 15.7. The van der Waals surface area contributed by atoms with Crippen molar-refractivity contribution in [3.63, 3.8) is 0 Å². The SMILES string of the molecule is c1cncc(CN2CN=C(SCc3ncon3)NC2)c1. The summed E-state index contributed by atoms with van der Waals surface area (Å²) in [5.41, 5.74) is 1.19. The molecule has 2 aromatic rings. The van der Waals surface area contributed by atoms with Crippen molar-refractivity contribution in [3.8, 4) is 0 Å². The molecule has 0 unspecified atom stereocenters. The first kappa shape index (κ1) is 13.1. The Labute approximate surface area is 120 Å². The lowest BCUT2D eigenvalue weighted by atomic mass is 10.3. The molecule has 1 aliphatic heterocycles. The van der Waals surface area contributed by atoms with E-state index in [1.54, 1.807) is 18.0 Å². The van der Waals surface area contributed by atoms with Crippen molar-refractivity contribution in [1.29, 1.82) is 0 Å². The Kier molecular flexibility index (Phi) is 4.24. The fraction of sp³-hybridized carbons (Fsp3) is 0.333. The Bertz CT molecular complexity index is 559. The van der Waals surface area contributed by atoms with E-state index >= 15 is 0 Å². The third-order valence-corrected chi connectivity index (χ3v) is 3.69. The smallest absolute Gasteiger partial charge is 0.213 e. The Morgan fingerprint density at radius 3 is 3.15 bits per heavy atom. The zero-order valence-electron chi connectivity index (χ0n) is 10.8. The number of amidine groups is 1. The van der Waals surface area contributed by atoms with Gasteiger partial charge in [-0.25, -0.2) is 4.99 Å². The molecule has 0 aromatic carbocycles. The molecule has 0 fully saturated rings. The number of nitrogens with zero attached hydrogens (tertiary/aromatic N) is 5. The van der Waals surface area contributed by atoms with E-state index in [1.165, 1.54) is 12.0 Å². The minimum Gasteiger partial charge on any atom is -0.352 e. The van der Waals surface area contributed by atoms with Crippen LogP contribution >= 0.6 is 11.8 Å². The Morgan fingerprint density at radius 1 is 1.45 bits per heavy atom. The van der Waals surface area contributed by atoms with Crippen LogP contribution in [0.15, 0.2) is 40.4 Å². The minimum atomic E-state index is 0.658. The second-order valence-electron chi connectivity index (χ2n) is 4.27. The first-order valence-electron chi connectivity index (χ1n) is 6.18. The van der Waals surface area contributed by atoms with Gasteiger partial charge in [-0.05, 0) is 11.6 Å². The molecule has 7 nitrogen and oxygen atoms in total. The lowest BCUT2D eigenvalue weighted by molar-refractivity contribution is 0.258. The summed E-state index contributed by atoms with van der Waals surface area (Å²) < 4.78 is 4.69. The fourth-order valence-electron chi connectivity index (χ4n) is 1.79. The molecule has 104 valence electrons. The number of aliphatic imine (C=N–C) groups is 1. The molecule has 0 saturated heterocycles. The maximum atomic E-state index is 4.69. The van der Waals surface area contributed by atoms with Crippen LogP contribution < -0.4 is 5.32 Å². The van der Waals surface area contributed by atoms with Gasteiger partial charge in [-0.15, -0.1) is 0 Å². The quantitative estimate of drug-likeness (QED) is 0.902. The van der Waals surface area contributed by atoms with Crippen molar-refractivity contribution in [3.05, 3.63) is 42.3 Å². The van der Waals surface area contributed by atoms with Crippen LogP contribution in [0.25, 0.3) is 0 Å². The van der Waals surface area contributed by atoms with Gasteiger partial charge in [0, 0.05) is 18.9 Å². The number of thioether (sulfide) groups is 1. The molecule has 1 N–H and O–H groups in total. The number of nitrogens with one attached hydrogen (secondary N) is 1. The molecule has 0 radical (unpaired) electrons. The first-order valence-corrected chi connectivity index (χ1v) is 7.16. The van der Waals surface area contributed by atoms with Crippen molar-refractivity contribution in [2.24, 2.45) is 4.99 Å². The highest BCUT2D eigenvalue weighted by molar-refractivity contribution is 8.13. The van der Waals surface area contributed by atoms with Crippen LogP contribution in [0, 0.1) is 0 Å². The van der Waals surface area contributed by atoms with Gasteiger partial charge in [0.2, 0.25) is 6.39 Å². The summed E-state index contributed by atoms with van der Waals surface area (Å²) in [6.45, 7) is 2.29. The molecule has 0 bridgehead atoms. The van der Waals surface area contributed by atoms with Crippen LogP contribution in [0.4, 0.5) is 0 Å². The van der Waals surface area contributed by atoms with Gasteiger partial charge in [-0.1, -0.05) is 23.0 Å².